The lowest BCUT2D eigenvalue weighted by molar-refractivity contribution is 1.30. The fourth-order valence-corrected chi connectivity index (χ4v) is 3.57. The van der Waals surface area contributed by atoms with E-state index in [-0.39, 0.29) is 0 Å². The van der Waals surface area contributed by atoms with Crippen molar-refractivity contribution in [2.24, 2.45) is 0 Å². The van der Waals surface area contributed by atoms with Crippen molar-refractivity contribution in [2.75, 3.05) is 5.32 Å². The highest BCUT2D eigenvalue weighted by Crippen LogP contribution is 2.32. The Bertz CT molecular complexity index is 764. The molecule has 3 heteroatoms. The van der Waals surface area contributed by atoms with E-state index in [1.807, 2.05) is 0 Å². The van der Waals surface area contributed by atoms with E-state index in [9.17, 15) is 0 Å². The largest absolute Gasteiger partial charge is 0.331 e. The second-order valence-corrected chi connectivity index (χ2v) is 6.37. The molecular formula is C17H18N2S. The summed E-state index contributed by atoms with van der Waals surface area (Å²) in [5, 5.41) is 4.45. The van der Waals surface area contributed by atoms with Crippen molar-refractivity contribution in [1.29, 1.82) is 0 Å². The highest BCUT2D eigenvalue weighted by Gasteiger charge is 2.09. The molecule has 0 radical (unpaired) electrons. The lowest BCUT2D eigenvalue weighted by atomic mass is 10.1. The molecule has 0 aliphatic rings. The number of thiazole rings is 1. The van der Waals surface area contributed by atoms with Gasteiger partial charge in [0.2, 0.25) is 0 Å². The second kappa shape index (κ2) is 4.91. The molecule has 20 heavy (non-hydrogen) atoms. The molecular weight excluding hydrogens is 264 g/mol. The van der Waals surface area contributed by atoms with Crippen LogP contribution in [-0.4, -0.2) is 4.98 Å². The van der Waals surface area contributed by atoms with Crippen LogP contribution in [0.3, 0.4) is 0 Å². The number of aromatic nitrogens is 1. The normalized spacial score (nSPS) is 11.0. The van der Waals surface area contributed by atoms with E-state index in [0.29, 0.717) is 0 Å². The fraction of sp³-hybridized carbons (Fsp3) is 0.235. The predicted octanol–water partition coefficient (Wildman–Crippen LogP) is 5.27. The first kappa shape index (κ1) is 13.1. The Balaban J connectivity index is 2.04. The van der Waals surface area contributed by atoms with Crippen LogP contribution in [0.5, 0.6) is 0 Å². The molecule has 2 nitrogen and oxygen atoms in total. The Morgan fingerprint density at radius 2 is 1.65 bits per heavy atom. The standard InChI is InChI=1S/C17H18N2S/c1-10-8-12(3)15(13(4)9-10)18-17-19-16-11(2)6-5-7-14(16)20-17/h5-9H,1-4H3,(H,18,19). The molecule has 3 rings (SSSR count). The number of benzene rings is 2. The first-order valence-corrected chi connectivity index (χ1v) is 7.57. The Kier molecular flexibility index (Phi) is 3.22. The molecule has 0 saturated heterocycles. The summed E-state index contributed by atoms with van der Waals surface area (Å²) in [6.45, 7) is 8.51. The van der Waals surface area contributed by atoms with Gasteiger partial charge in [-0.15, -0.1) is 0 Å². The van der Waals surface area contributed by atoms with Gasteiger partial charge in [-0.1, -0.05) is 41.2 Å². The van der Waals surface area contributed by atoms with E-state index >= 15 is 0 Å². The average Bonchev–Trinajstić information content (AvgIpc) is 2.78. The summed E-state index contributed by atoms with van der Waals surface area (Å²) in [7, 11) is 0. The molecule has 0 bridgehead atoms. The zero-order valence-electron chi connectivity index (χ0n) is 12.2. The topological polar surface area (TPSA) is 24.9 Å². The maximum absolute atomic E-state index is 4.72. The summed E-state index contributed by atoms with van der Waals surface area (Å²) >= 11 is 1.71. The molecule has 0 spiro atoms. The molecule has 1 N–H and O–H groups in total. The number of rotatable bonds is 2. The summed E-state index contributed by atoms with van der Waals surface area (Å²) in [5.74, 6) is 0. The van der Waals surface area contributed by atoms with Gasteiger partial charge in [0.15, 0.2) is 5.13 Å². The summed E-state index contributed by atoms with van der Waals surface area (Å²) < 4.78 is 1.23. The van der Waals surface area contributed by atoms with E-state index in [2.05, 4.69) is 63.3 Å². The third kappa shape index (κ3) is 2.29. The molecule has 0 fully saturated rings. The molecule has 0 unspecified atom stereocenters. The maximum atomic E-state index is 4.72. The molecule has 0 atom stereocenters. The number of fused-ring (bicyclic) bond motifs is 1. The molecule has 1 heterocycles. The lowest BCUT2D eigenvalue weighted by Gasteiger charge is -2.11. The van der Waals surface area contributed by atoms with Crippen LogP contribution >= 0.6 is 11.3 Å². The minimum atomic E-state index is 0.962. The summed E-state index contributed by atoms with van der Waals surface area (Å²) in [6, 6.07) is 10.7. The van der Waals surface area contributed by atoms with Gasteiger partial charge in [0.1, 0.15) is 0 Å². The van der Waals surface area contributed by atoms with Crippen molar-refractivity contribution < 1.29 is 0 Å². The average molecular weight is 282 g/mol. The zero-order valence-corrected chi connectivity index (χ0v) is 13.1. The number of para-hydroxylation sites is 1. The van der Waals surface area contributed by atoms with Gasteiger partial charge in [0.25, 0.3) is 0 Å². The van der Waals surface area contributed by atoms with Crippen molar-refractivity contribution in [3.63, 3.8) is 0 Å². The van der Waals surface area contributed by atoms with Gasteiger partial charge in [-0.05, 0) is 50.5 Å². The van der Waals surface area contributed by atoms with Gasteiger partial charge in [0, 0.05) is 5.69 Å². The minimum absolute atomic E-state index is 0.962. The zero-order chi connectivity index (χ0) is 14.3. The number of nitrogens with zero attached hydrogens (tertiary/aromatic N) is 1. The molecule has 1 aromatic heterocycles. The van der Waals surface area contributed by atoms with Crippen LogP contribution in [-0.2, 0) is 0 Å². The third-order valence-electron chi connectivity index (χ3n) is 3.53. The van der Waals surface area contributed by atoms with Crippen molar-refractivity contribution in [3.05, 3.63) is 52.6 Å². The molecule has 0 saturated carbocycles. The van der Waals surface area contributed by atoms with Gasteiger partial charge >= 0.3 is 0 Å². The van der Waals surface area contributed by atoms with Crippen molar-refractivity contribution in [3.8, 4) is 0 Å². The predicted molar refractivity (Wildman–Crippen MR) is 88.3 cm³/mol. The fourth-order valence-electron chi connectivity index (χ4n) is 2.62. The summed E-state index contributed by atoms with van der Waals surface area (Å²) in [5.41, 5.74) is 7.32. The SMILES string of the molecule is Cc1cc(C)c(Nc2nc3c(C)cccc3s2)c(C)c1. The van der Waals surface area contributed by atoms with Crippen LogP contribution in [0.15, 0.2) is 30.3 Å². The van der Waals surface area contributed by atoms with Gasteiger partial charge < -0.3 is 5.32 Å². The van der Waals surface area contributed by atoms with Gasteiger partial charge in [-0.25, -0.2) is 4.98 Å². The smallest absolute Gasteiger partial charge is 0.188 e. The van der Waals surface area contributed by atoms with Crippen molar-refractivity contribution in [2.45, 2.75) is 27.7 Å². The third-order valence-corrected chi connectivity index (χ3v) is 4.47. The van der Waals surface area contributed by atoms with E-state index in [0.717, 1.165) is 10.6 Å². The molecule has 3 aromatic rings. The lowest BCUT2D eigenvalue weighted by Crippen LogP contribution is -1.96. The number of hydrogen-bond donors (Lipinski definition) is 1. The number of hydrogen-bond acceptors (Lipinski definition) is 3. The van der Waals surface area contributed by atoms with Crippen LogP contribution in [0.1, 0.15) is 22.3 Å². The number of anilines is 2. The van der Waals surface area contributed by atoms with E-state index in [4.69, 9.17) is 4.98 Å². The van der Waals surface area contributed by atoms with Crippen LogP contribution < -0.4 is 5.32 Å². The first-order valence-electron chi connectivity index (χ1n) is 6.75. The van der Waals surface area contributed by atoms with E-state index in [1.165, 1.54) is 32.6 Å². The van der Waals surface area contributed by atoms with Gasteiger partial charge in [0.05, 0.1) is 10.2 Å². The molecule has 0 amide bonds. The molecule has 0 aliphatic heterocycles. The minimum Gasteiger partial charge on any atom is -0.331 e. The Hall–Kier alpha value is -1.87. The second-order valence-electron chi connectivity index (χ2n) is 5.34. The van der Waals surface area contributed by atoms with Crippen LogP contribution in [0, 0.1) is 27.7 Å². The highest BCUT2D eigenvalue weighted by atomic mass is 32.1. The first-order chi connectivity index (χ1) is 9.54. The van der Waals surface area contributed by atoms with Crippen LogP contribution in [0.25, 0.3) is 10.2 Å². The number of nitrogens with one attached hydrogen (secondary N) is 1. The van der Waals surface area contributed by atoms with Crippen molar-refractivity contribution in [1.82, 2.24) is 4.98 Å². The summed E-state index contributed by atoms with van der Waals surface area (Å²) in [4.78, 5) is 4.72. The van der Waals surface area contributed by atoms with Gasteiger partial charge in [-0.3, -0.25) is 0 Å². The molecule has 102 valence electrons. The van der Waals surface area contributed by atoms with Gasteiger partial charge in [-0.2, -0.15) is 0 Å². The maximum Gasteiger partial charge on any atom is 0.188 e. The molecule has 0 aliphatic carbocycles. The van der Waals surface area contributed by atoms with E-state index < -0.39 is 0 Å². The molecule has 2 aromatic carbocycles. The quantitative estimate of drug-likeness (QED) is 0.692. The van der Waals surface area contributed by atoms with E-state index in [1.54, 1.807) is 11.3 Å². The van der Waals surface area contributed by atoms with Crippen molar-refractivity contribution >= 4 is 32.4 Å². The Morgan fingerprint density at radius 3 is 2.30 bits per heavy atom. The van der Waals surface area contributed by atoms with Crippen LogP contribution in [0.4, 0.5) is 10.8 Å². The van der Waals surface area contributed by atoms with Crippen LogP contribution in [0.2, 0.25) is 0 Å². The Morgan fingerprint density at radius 1 is 0.950 bits per heavy atom. The highest BCUT2D eigenvalue weighted by molar-refractivity contribution is 7.22. The monoisotopic (exact) mass is 282 g/mol. The summed E-state index contributed by atoms with van der Waals surface area (Å²) in [6.07, 6.45) is 0. The Labute approximate surface area is 123 Å². The number of aryl methyl sites for hydroxylation is 4.